The molecule has 1 aromatic carbocycles. The van der Waals surface area contributed by atoms with E-state index in [2.05, 4.69) is 10.3 Å². The molecule has 2 rings (SSSR count). The fourth-order valence-corrected chi connectivity index (χ4v) is 2.52. The predicted molar refractivity (Wildman–Crippen MR) is 82.2 cm³/mol. The lowest BCUT2D eigenvalue weighted by Crippen LogP contribution is -2.44. The number of benzene rings is 1. The van der Waals surface area contributed by atoms with Crippen LogP contribution in [0.2, 0.25) is 0 Å². The van der Waals surface area contributed by atoms with Gasteiger partial charge in [0, 0.05) is 11.2 Å². The summed E-state index contributed by atoms with van der Waals surface area (Å²) in [7, 11) is -1.62. The lowest BCUT2D eigenvalue weighted by atomic mass is 10.0. The highest BCUT2D eigenvalue weighted by molar-refractivity contribution is 7.85. The summed E-state index contributed by atoms with van der Waals surface area (Å²) < 4.78 is 17.5. The molecule has 1 amide bonds. The van der Waals surface area contributed by atoms with Gasteiger partial charge >= 0.3 is 0 Å². The maximum Gasteiger partial charge on any atom is 0.288 e. The molecule has 1 atom stereocenters. The van der Waals surface area contributed by atoms with Gasteiger partial charge in [0.05, 0.1) is 0 Å². The first-order chi connectivity index (χ1) is 9.80. The molecule has 21 heavy (non-hydrogen) atoms. The number of rotatable bonds is 5. The summed E-state index contributed by atoms with van der Waals surface area (Å²) in [5.74, 6) is -0.465. The average Bonchev–Trinajstić information content (AvgIpc) is 2.81. The van der Waals surface area contributed by atoms with Crippen molar-refractivity contribution >= 4 is 33.5 Å². The number of hydrogen-bond acceptors (Lipinski definition) is 5. The van der Waals surface area contributed by atoms with Gasteiger partial charge in [0.15, 0.2) is 5.58 Å². The van der Waals surface area contributed by atoms with Crippen LogP contribution >= 0.6 is 0 Å². The summed E-state index contributed by atoms with van der Waals surface area (Å²) >= 11 is 0. The molecule has 0 saturated heterocycles. The number of amides is 1. The zero-order chi connectivity index (χ0) is 15.6. The van der Waals surface area contributed by atoms with Crippen molar-refractivity contribution in [3.8, 4) is 0 Å². The predicted octanol–water partition coefficient (Wildman–Crippen LogP) is 1.82. The number of hydrogen-bond donors (Lipinski definition) is 2. The largest absolute Gasteiger partial charge is 0.430 e. The normalized spacial score (nSPS) is 13.3. The number of nitrogen functional groups attached to an aromatic ring is 1. The Morgan fingerprint density at radius 1 is 1.48 bits per heavy atom. The highest BCUT2D eigenvalue weighted by Gasteiger charge is 2.21. The van der Waals surface area contributed by atoms with Crippen LogP contribution in [0.4, 0.5) is 5.69 Å². The SMILES string of the molecule is CCC(C)(C)NC(=O)CS(=O)c1nc2cc(N)ccc2o1. The lowest BCUT2D eigenvalue weighted by molar-refractivity contribution is -0.120. The average molecular weight is 309 g/mol. The van der Waals surface area contributed by atoms with E-state index in [1.54, 1.807) is 18.2 Å². The second-order valence-corrected chi connectivity index (χ2v) is 6.81. The summed E-state index contributed by atoms with van der Waals surface area (Å²) in [4.78, 5) is 16.0. The van der Waals surface area contributed by atoms with E-state index < -0.39 is 10.8 Å². The zero-order valence-electron chi connectivity index (χ0n) is 12.3. The molecule has 0 spiro atoms. The third kappa shape index (κ3) is 3.81. The Bertz CT molecular complexity index is 694. The standard InChI is InChI=1S/C14H19N3O3S/c1-4-14(2,3)17-12(18)8-21(19)13-16-10-7-9(15)5-6-11(10)20-13/h5-7H,4,8,15H2,1-3H3,(H,17,18). The van der Waals surface area contributed by atoms with Crippen molar-refractivity contribution < 1.29 is 13.4 Å². The Balaban J connectivity index is 2.10. The molecule has 0 bridgehead atoms. The summed E-state index contributed by atoms with van der Waals surface area (Å²) in [5.41, 5.74) is 6.92. The van der Waals surface area contributed by atoms with Crippen molar-refractivity contribution in [2.75, 3.05) is 11.5 Å². The minimum atomic E-state index is -1.62. The molecule has 1 unspecified atom stereocenters. The van der Waals surface area contributed by atoms with E-state index in [-0.39, 0.29) is 22.4 Å². The molecule has 7 heteroatoms. The number of anilines is 1. The van der Waals surface area contributed by atoms with Gasteiger partial charge in [0.1, 0.15) is 22.1 Å². The molecular formula is C14H19N3O3S. The van der Waals surface area contributed by atoms with Crippen molar-refractivity contribution in [3.63, 3.8) is 0 Å². The van der Waals surface area contributed by atoms with Gasteiger partial charge in [-0.05, 0) is 38.5 Å². The van der Waals surface area contributed by atoms with Gasteiger partial charge in [-0.2, -0.15) is 0 Å². The Labute approximate surface area is 125 Å². The second-order valence-electron chi connectivity index (χ2n) is 5.48. The van der Waals surface area contributed by atoms with Gasteiger partial charge in [0.2, 0.25) is 5.91 Å². The number of nitrogens with zero attached hydrogens (tertiary/aromatic N) is 1. The first kappa shape index (κ1) is 15.5. The topological polar surface area (TPSA) is 98.2 Å². The molecule has 1 aromatic heterocycles. The van der Waals surface area contributed by atoms with Crippen LogP contribution in [0.25, 0.3) is 11.1 Å². The number of nitrogens with one attached hydrogen (secondary N) is 1. The van der Waals surface area contributed by atoms with E-state index in [4.69, 9.17) is 10.2 Å². The number of carbonyl (C=O) groups is 1. The van der Waals surface area contributed by atoms with E-state index >= 15 is 0 Å². The first-order valence-electron chi connectivity index (χ1n) is 6.66. The molecule has 2 aromatic rings. The Kier molecular flexibility index (Phi) is 4.32. The van der Waals surface area contributed by atoms with Gasteiger partial charge in [-0.25, -0.2) is 9.19 Å². The van der Waals surface area contributed by atoms with Crippen LogP contribution in [-0.2, 0) is 15.6 Å². The van der Waals surface area contributed by atoms with Crippen molar-refractivity contribution in [2.24, 2.45) is 0 Å². The maximum absolute atomic E-state index is 12.1. The maximum atomic E-state index is 12.1. The highest BCUT2D eigenvalue weighted by Crippen LogP contribution is 2.20. The van der Waals surface area contributed by atoms with E-state index in [9.17, 15) is 9.00 Å². The second kappa shape index (κ2) is 5.85. The third-order valence-electron chi connectivity index (χ3n) is 3.21. The number of oxazole rings is 1. The smallest absolute Gasteiger partial charge is 0.288 e. The summed E-state index contributed by atoms with van der Waals surface area (Å²) in [6.45, 7) is 5.80. The van der Waals surface area contributed by atoms with Crippen molar-refractivity contribution in [1.29, 1.82) is 0 Å². The quantitative estimate of drug-likeness (QED) is 0.821. The summed E-state index contributed by atoms with van der Waals surface area (Å²) in [5, 5.41) is 2.87. The highest BCUT2D eigenvalue weighted by atomic mass is 32.2. The summed E-state index contributed by atoms with van der Waals surface area (Å²) in [6, 6.07) is 4.98. The molecule has 0 radical (unpaired) electrons. The van der Waals surface area contributed by atoms with E-state index in [0.29, 0.717) is 16.8 Å². The zero-order valence-corrected chi connectivity index (χ0v) is 13.1. The van der Waals surface area contributed by atoms with Crippen LogP contribution in [0.15, 0.2) is 27.8 Å². The summed E-state index contributed by atoms with van der Waals surface area (Å²) in [6.07, 6.45) is 0.785. The van der Waals surface area contributed by atoms with Gasteiger partial charge < -0.3 is 15.5 Å². The molecule has 3 N–H and O–H groups in total. The van der Waals surface area contributed by atoms with Gasteiger partial charge in [-0.1, -0.05) is 6.92 Å². The van der Waals surface area contributed by atoms with E-state index in [1.165, 1.54) is 0 Å². The monoisotopic (exact) mass is 309 g/mol. The van der Waals surface area contributed by atoms with Gasteiger partial charge in [0.25, 0.3) is 5.22 Å². The number of fused-ring (bicyclic) bond motifs is 1. The molecular weight excluding hydrogens is 290 g/mol. The van der Waals surface area contributed by atoms with Crippen molar-refractivity contribution in [1.82, 2.24) is 10.3 Å². The minimum Gasteiger partial charge on any atom is -0.430 e. The molecule has 0 aliphatic carbocycles. The number of aromatic nitrogens is 1. The Morgan fingerprint density at radius 3 is 2.86 bits per heavy atom. The van der Waals surface area contributed by atoms with Crippen LogP contribution < -0.4 is 11.1 Å². The van der Waals surface area contributed by atoms with Crippen molar-refractivity contribution in [3.05, 3.63) is 18.2 Å². The molecule has 0 saturated carbocycles. The molecule has 0 fully saturated rings. The molecule has 114 valence electrons. The number of carbonyl (C=O) groups excluding carboxylic acids is 1. The third-order valence-corrected chi connectivity index (χ3v) is 4.30. The number of nitrogens with two attached hydrogens (primary N) is 1. The fraction of sp³-hybridized carbons (Fsp3) is 0.429. The van der Waals surface area contributed by atoms with Crippen LogP contribution in [-0.4, -0.2) is 26.4 Å². The fourth-order valence-electron chi connectivity index (χ4n) is 1.70. The van der Waals surface area contributed by atoms with E-state index in [0.717, 1.165) is 6.42 Å². The van der Waals surface area contributed by atoms with Crippen LogP contribution in [0, 0.1) is 0 Å². The van der Waals surface area contributed by atoms with Crippen LogP contribution in [0.3, 0.4) is 0 Å². The molecule has 0 aliphatic heterocycles. The Morgan fingerprint density at radius 2 is 2.19 bits per heavy atom. The minimum absolute atomic E-state index is 0.0417. The van der Waals surface area contributed by atoms with Crippen LogP contribution in [0.5, 0.6) is 0 Å². The molecule has 6 nitrogen and oxygen atoms in total. The lowest BCUT2D eigenvalue weighted by Gasteiger charge is -2.24. The Hall–Kier alpha value is -1.89. The first-order valence-corrected chi connectivity index (χ1v) is 7.98. The van der Waals surface area contributed by atoms with E-state index in [1.807, 2.05) is 20.8 Å². The van der Waals surface area contributed by atoms with Crippen molar-refractivity contribution in [2.45, 2.75) is 38.0 Å². The van der Waals surface area contributed by atoms with Gasteiger partial charge in [-0.15, -0.1) is 0 Å². The van der Waals surface area contributed by atoms with Gasteiger partial charge in [-0.3, -0.25) is 4.79 Å². The van der Waals surface area contributed by atoms with Crippen LogP contribution in [0.1, 0.15) is 27.2 Å². The molecule has 0 aliphatic rings. The molecule has 1 heterocycles.